The van der Waals surface area contributed by atoms with Crippen molar-refractivity contribution < 1.29 is 0 Å². The number of hydrogen-bond acceptors (Lipinski definition) is 2. The molecule has 1 N–H and O–H groups in total. The fraction of sp³-hybridized carbons (Fsp3) is 0.562. The average Bonchev–Trinajstić information content (AvgIpc) is 2.38. The molecule has 0 fully saturated rings. The van der Waals surface area contributed by atoms with Crippen LogP contribution in [0.4, 0.5) is 5.69 Å². The zero-order valence-electron chi connectivity index (χ0n) is 12.0. The molecule has 0 spiro atoms. The normalized spacial score (nSPS) is 11.1. The summed E-state index contributed by atoms with van der Waals surface area (Å²) in [4.78, 5) is 0. The van der Waals surface area contributed by atoms with Gasteiger partial charge in [0.15, 0.2) is 0 Å². The Morgan fingerprint density at radius 1 is 1.17 bits per heavy atom. The van der Waals surface area contributed by atoms with Crippen LogP contribution in [0.1, 0.15) is 45.2 Å². The van der Waals surface area contributed by atoms with Gasteiger partial charge in [-0.3, -0.25) is 0 Å². The molecule has 0 atom stereocenters. The minimum Gasteiger partial charge on any atom is -0.385 e. The van der Waals surface area contributed by atoms with Gasteiger partial charge in [-0.15, -0.1) is 0 Å². The summed E-state index contributed by atoms with van der Waals surface area (Å²) in [6, 6.07) is 8.83. The van der Waals surface area contributed by atoms with Crippen LogP contribution in [0.2, 0.25) is 0 Å². The molecule has 18 heavy (non-hydrogen) atoms. The number of benzene rings is 1. The number of rotatable bonds is 6. The number of aryl methyl sites for hydroxylation is 2. The number of nitrogens with zero attached hydrogens (tertiary/aromatic N) is 1. The molecule has 1 aromatic carbocycles. The first-order chi connectivity index (χ1) is 8.54. The maximum atomic E-state index is 9.01. The molecular formula is C16H24N2. The first-order valence-corrected chi connectivity index (χ1v) is 6.80. The molecule has 0 amide bonds. The quantitative estimate of drug-likeness (QED) is 0.815. The van der Waals surface area contributed by atoms with Gasteiger partial charge in [-0.1, -0.05) is 32.0 Å². The van der Waals surface area contributed by atoms with Crippen molar-refractivity contribution in [1.29, 1.82) is 5.26 Å². The van der Waals surface area contributed by atoms with Crippen LogP contribution in [0.5, 0.6) is 0 Å². The van der Waals surface area contributed by atoms with E-state index in [1.165, 1.54) is 16.8 Å². The highest BCUT2D eigenvalue weighted by atomic mass is 14.9. The van der Waals surface area contributed by atoms with Crippen molar-refractivity contribution in [3.05, 3.63) is 29.3 Å². The Balaban J connectivity index is 2.75. The third kappa shape index (κ3) is 3.77. The topological polar surface area (TPSA) is 35.8 Å². The molecule has 0 saturated carbocycles. The van der Waals surface area contributed by atoms with Crippen LogP contribution < -0.4 is 5.32 Å². The van der Waals surface area contributed by atoms with Crippen LogP contribution in [-0.2, 0) is 12.8 Å². The molecule has 0 aromatic heterocycles. The zero-order chi connectivity index (χ0) is 13.6. The SMILES string of the molecule is CCc1cccc(CC)c1NCCC(C)(C)C#N. The molecule has 0 unspecified atom stereocenters. The fourth-order valence-electron chi connectivity index (χ4n) is 2.03. The molecule has 2 nitrogen and oxygen atoms in total. The van der Waals surface area contributed by atoms with Gasteiger partial charge < -0.3 is 5.32 Å². The molecule has 98 valence electrons. The minimum absolute atomic E-state index is 0.249. The van der Waals surface area contributed by atoms with Crippen molar-refractivity contribution in [2.24, 2.45) is 5.41 Å². The lowest BCUT2D eigenvalue weighted by Crippen LogP contribution is -2.16. The number of nitrogens with one attached hydrogen (secondary N) is 1. The Labute approximate surface area is 111 Å². The Bertz CT molecular complexity index is 405. The highest BCUT2D eigenvalue weighted by Crippen LogP contribution is 2.24. The van der Waals surface area contributed by atoms with Crippen LogP contribution in [0, 0.1) is 16.7 Å². The van der Waals surface area contributed by atoms with E-state index >= 15 is 0 Å². The summed E-state index contributed by atoms with van der Waals surface area (Å²) in [5, 5.41) is 12.5. The molecule has 0 aliphatic carbocycles. The van der Waals surface area contributed by atoms with Gasteiger partial charge in [0.25, 0.3) is 0 Å². The maximum Gasteiger partial charge on any atom is 0.0684 e. The summed E-state index contributed by atoms with van der Waals surface area (Å²) in [6.45, 7) is 9.19. The monoisotopic (exact) mass is 244 g/mol. The van der Waals surface area contributed by atoms with Gasteiger partial charge in [0.1, 0.15) is 0 Å². The van der Waals surface area contributed by atoms with Crippen molar-refractivity contribution in [1.82, 2.24) is 0 Å². The first-order valence-electron chi connectivity index (χ1n) is 6.80. The number of nitriles is 1. The van der Waals surface area contributed by atoms with Gasteiger partial charge >= 0.3 is 0 Å². The summed E-state index contributed by atoms with van der Waals surface area (Å²) in [6.07, 6.45) is 2.94. The molecule has 2 heteroatoms. The van der Waals surface area contributed by atoms with Crippen molar-refractivity contribution in [2.45, 2.75) is 47.0 Å². The Hall–Kier alpha value is -1.49. The first kappa shape index (κ1) is 14.6. The summed E-state index contributed by atoms with van der Waals surface area (Å²) < 4.78 is 0. The van der Waals surface area contributed by atoms with Gasteiger partial charge in [-0.2, -0.15) is 5.26 Å². The molecule has 1 aromatic rings. The largest absolute Gasteiger partial charge is 0.385 e. The predicted molar refractivity (Wildman–Crippen MR) is 77.7 cm³/mol. The van der Waals surface area contributed by atoms with Gasteiger partial charge in [0, 0.05) is 12.2 Å². The molecule has 0 aliphatic rings. The minimum atomic E-state index is -0.249. The summed E-state index contributed by atoms with van der Waals surface area (Å²) >= 11 is 0. The smallest absolute Gasteiger partial charge is 0.0684 e. The van der Waals surface area contributed by atoms with Crippen LogP contribution >= 0.6 is 0 Å². The van der Waals surface area contributed by atoms with E-state index in [1.54, 1.807) is 0 Å². The third-order valence-corrected chi connectivity index (χ3v) is 3.35. The summed E-state index contributed by atoms with van der Waals surface area (Å²) in [5.41, 5.74) is 3.75. The maximum absolute atomic E-state index is 9.01. The van der Waals surface area contributed by atoms with Crippen LogP contribution in [0.3, 0.4) is 0 Å². The van der Waals surface area contributed by atoms with Crippen molar-refractivity contribution >= 4 is 5.69 Å². The van der Waals surface area contributed by atoms with Crippen LogP contribution in [-0.4, -0.2) is 6.54 Å². The van der Waals surface area contributed by atoms with E-state index in [0.29, 0.717) is 0 Å². The molecule has 1 rings (SSSR count). The van der Waals surface area contributed by atoms with Crippen LogP contribution in [0.25, 0.3) is 0 Å². The van der Waals surface area contributed by atoms with E-state index < -0.39 is 0 Å². The number of para-hydroxylation sites is 1. The van der Waals surface area contributed by atoms with Crippen molar-refractivity contribution in [2.75, 3.05) is 11.9 Å². The number of anilines is 1. The van der Waals surface area contributed by atoms with Gasteiger partial charge in [-0.25, -0.2) is 0 Å². The second-order valence-electron chi connectivity index (χ2n) is 5.33. The second kappa shape index (κ2) is 6.44. The van der Waals surface area contributed by atoms with E-state index in [-0.39, 0.29) is 5.41 Å². The Morgan fingerprint density at radius 2 is 1.72 bits per heavy atom. The Morgan fingerprint density at radius 3 is 2.17 bits per heavy atom. The molecule has 0 radical (unpaired) electrons. The Kier molecular flexibility index (Phi) is 5.22. The van der Waals surface area contributed by atoms with Crippen LogP contribution in [0.15, 0.2) is 18.2 Å². The van der Waals surface area contributed by atoms with E-state index in [0.717, 1.165) is 25.8 Å². The van der Waals surface area contributed by atoms with E-state index in [9.17, 15) is 0 Å². The molecule has 0 heterocycles. The van der Waals surface area contributed by atoms with Crippen molar-refractivity contribution in [3.63, 3.8) is 0 Å². The van der Waals surface area contributed by atoms with E-state index in [4.69, 9.17) is 5.26 Å². The molecule has 0 bridgehead atoms. The zero-order valence-corrected chi connectivity index (χ0v) is 12.0. The van der Waals surface area contributed by atoms with Gasteiger partial charge in [0.2, 0.25) is 0 Å². The highest BCUT2D eigenvalue weighted by molar-refractivity contribution is 5.57. The summed E-state index contributed by atoms with van der Waals surface area (Å²) in [5.74, 6) is 0. The lowest BCUT2D eigenvalue weighted by Gasteiger charge is -2.19. The van der Waals surface area contributed by atoms with Gasteiger partial charge in [0.05, 0.1) is 11.5 Å². The molecule has 0 aliphatic heterocycles. The van der Waals surface area contributed by atoms with E-state index in [1.807, 2.05) is 13.8 Å². The highest BCUT2D eigenvalue weighted by Gasteiger charge is 2.16. The summed E-state index contributed by atoms with van der Waals surface area (Å²) in [7, 11) is 0. The lowest BCUT2D eigenvalue weighted by atomic mass is 9.91. The predicted octanol–water partition coefficient (Wildman–Crippen LogP) is 4.16. The van der Waals surface area contributed by atoms with Gasteiger partial charge in [-0.05, 0) is 44.2 Å². The number of hydrogen-bond donors (Lipinski definition) is 1. The third-order valence-electron chi connectivity index (χ3n) is 3.35. The fourth-order valence-corrected chi connectivity index (χ4v) is 2.03. The molecular weight excluding hydrogens is 220 g/mol. The van der Waals surface area contributed by atoms with E-state index in [2.05, 4.69) is 43.4 Å². The molecule has 0 saturated heterocycles. The lowest BCUT2D eigenvalue weighted by molar-refractivity contribution is 0.466. The second-order valence-corrected chi connectivity index (χ2v) is 5.33. The van der Waals surface area contributed by atoms with Crippen molar-refractivity contribution in [3.8, 4) is 6.07 Å². The standard InChI is InChI=1S/C16H24N2/c1-5-13-8-7-9-14(6-2)15(13)18-11-10-16(3,4)12-17/h7-9,18H,5-6,10-11H2,1-4H3. The average molecular weight is 244 g/mol.